The van der Waals surface area contributed by atoms with E-state index >= 15 is 0 Å². The van der Waals surface area contributed by atoms with Gasteiger partial charge in [-0.05, 0) is 58.3 Å². The first-order valence-corrected chi connectivity index (χ1v) is 17.1. The maximum atomic E-state index is 12.2. The van der Waals surface area contributed by atoms with E-state index in [4.69, 9.17) is 23.4 Å². The van der Waals surface area contributed by atoms with Crippen LogP contribution in [0.25, 0.3) is 0 Å². The summed E-state index contributed by atoms with van der Waals surface area (Å²) in [5.74, 6) is -0.671. The first kappa shape index (κ1) is 40.9. The molecule has 236 valence electrons. The lowest BCUT2D eigenvalue weighted by molar-refractivity contribution is -0.137. The molecule has 0 aromatic heterocycles. The smallest absolute Gasteiger partial charge is 0.474 e. The zero-order chi connectivity index (χ0) is 30.2. The molecule has 1 atom stereocenters. The van der Waals surface area contributed by atoms with Gasteiger partial charge in [-0.25, -0.2) is 4.57 Å². The monoisotopic (exact) mass is 588 g/mol. The number of carboxylic acid groups (broad SMARTS) is 1. The maximum absolute atomic E-state index is 12.2. The third-order valence-electron chi connectivity index (χ3n) is 5.66. The molecule has 1 aliphatic heterocycles. The Balaban J connectivity index is 0. The van der Waals surface area contributed by atoms with Gasteiger partial charge in [0.15, 0.2) is 0 Å². The summed E-state index contributed by atoms with van der Waals surface area (Å²) in [6.45, 7) is 13.4. The van der Waals surface area contributed by atoms with Gasteiger partial charge in [-0.15, -0.1) is 6.58 Å². The second-order valence-corrected chi connectivity index (χ2v) is 11.5. The number of phosphoric ester groups is 1. The molecule has 7 nitrogen and oxygen atoms in total. The number of aliphatic carboxylic acids is 1. The number of ether oxygens (including phenoxy) is 1. The van der Waals surface area contributed by atoms with Crippen molar-refractivity contribution < 1.29 is 32.8 Å². The van der Waals surface area contributed by atoms with Crippen LogP contribution in [-0.2, 0) is 27.7 Å². The zero-order valence-electron chi connectivity index (χ0n) is 26.2. The van der Waals surface area contributed by atoms with Crippen LogP contribution >= 0.6 is 7.82 Å². The van der Waals surface area contributed by atoms with E-state index in [0.717, 1.165) is 51.4 Å². The van der Waals surface area contributed by atoms with E-state index in [-0.39, 0.29) is 12.7 Å². The number of carbonyl (C=O) groups is 1. The minimum Gasteiger partial charge on any atom is -0.481 e. The highest BCUT2D eigenvalue weighted by Crippen LogP contribution is 2.50. The average Bonchev–Trinajstić information content (AvgIpc) is 3.76. The lowest BCUT2D eigenvalue weighted by Crippen LogP contribution is -2.06. The molecule has 1 N–H and O–H groups in total. The number of hydrogen-bond donors (Lipinski definition) is 1. The fraction of sp³-hybridized carbons (Fsp3) is 0.781. The van der Waals surface area contributed by atoms with Crippen molar-refractivity contribution in [3.05, 3.63) is 37.0 Å². The second-order valence-electron chi connectivity index (χ2n) is 9.85. The predicted octanol–water partition coefficient (Wildman–Crippen LogP) is 10.2. The Morgan fingerprint density at radius 3 is 1.77 bits per heavy atom. The number of hydrogen-bond acceptors (Lipinski definition) is 6. The lowest BCUT2D eigenvalue weighted by Gasteiger charge is -2.17. The van der Waals surface area contributed by atoms with Crippen LogP contribution in [0.4, 0.5) is 0 Å². The van der Waals surface area contributed by atoms with E-state index in [1.54, 1.807) is 6.08 Å². The van der Waals surface area contributed by atoms with E-state index in [2.05, 4.69) is 37.8 Å². The molecule has 0 spiro atoms. The average molecular weight is 589 g/mol. The number of epoxide rings is 1. The van der Waals surface area contributed by atoms with E-state index < -0.39 is 13.8 Å². The van der Waals surface area contributed by atoms with Gasteiger partial charge in [0.05, 0.1) is 26.4 Å². The molecule has 0 bridgehead atoms. The van der Waals surface area contributed by atoms with Crippen molar-refractivity contribution in [1.29, 1.82) is 0 Å². The normalized spacial score (nSPS) is 14.4. The molecule has 1 rings (SSSR count). The standard InChI is InChI=1S/C18H32O2.C11H23O5P.C3H6/c1-2-3-4-5-6-7-8-9-10-11-12-13-14-15-16-17-18(19)20;1-3-5-7-14-17(12,15-8-6-4-2)16-10-11-9-13-11;1-3-2/h6-7,9-10H,2-5,8,11-17H2,1H3,(H,19,20);11H,3-10H2,1-2H3;3H,1H2,2H3/b7-6-,10-9-;;. The van der Waals surface area contributed by atoms with E-state index in [9.17, 15) is 9.36 Å². The number of unbranched alkanes of at least 4 members (excludes halogenated alkanes) is 10. The molecule has 1 unspecified atom stereocenters. The van der Waals surface area contributed by atoms with E-state index in [1.165, 1.54) is 44.9 Å². The molecular formula is C32H61O7P. The van der Waals surface area contributed by atoms with Crippen molar-refractivity contribution in [3.8, 4) is 0 Å². The summed E-state index contributed by atoms with van der Waals surface area (Å²) >= 11 is 0. The van der Waals surface area contributed by atoms with Crippen LogP contribution in [0.3, 0.4) is 0 Å². The highest BCUT2D eigenvalue weighted by molar-refractivity contribution is 7.48. The van der Waals surface area contributed by atoms with Crippen molar-refractivity contribution >= 4 is 13.8 Å². The van der Waals surface area contributed by atoms with Crippen LogP contribution in [0.1, 0.15) is 130 Å². The minimum atomic E-state index is -3.37. The van der Waals surface area contributed by atoms with Crippen molar-refractivity contribution in [2.45, 2.75) is 137 Å². The molecule has 0 aromatic rings. The molecule has 1 fully saturated rings. The van der Waals surface area contributed by atoms with Crippen LogP contribution in [0.2, 0.25) is 0 Å². The largest absolute Gasteiger partial charge is 0.481 e. The van der Waals surface area contributed by atoms with Gasteiger partial charge < -0.3 is 9.84 Å². The molecule has 1 saturated heterocycles. The molecule has 0 aliphatic carbocycles. The van der Waals surface area contributed by atoms with Gasteiger partial charge in [0.25, 0.3) is 0 Å². The predicted molar refractivity (Wildman–Crippen MR) is 168 cm³/mol. The Morgan fingerprint density at radius 1 is 0.825 bits per heavy atom. The molecule has 1 heterocycles. The molecule has 0 aromatic carbocycles. The fourth-order valence-corrected chi connectivity index (χ4v) is 4.46. The quantitative estimate of drug-likeness (QED) is 0.0490. The Morgan fingerprint density at radius 2 is 1.30 bits per heavy atom. The van der Waals surface area contributed by atoms with Gasteiger partial charge in [-0.3, -0.25) is 18.4 Å². The van der Waals surface area contributed by atoms with Gasteiger partial charge >= 0.3 is 13.8 Å². The first-order valence-electron chi connectivity index (χ1n) is 15.6. The van der Waals surface area contributed by atoms with E-state index in [0.29, 0.717) is 26.2 Å². The lowest BCUT2D eigenvalue weighted by atomic mass is 10.1. The number of phosphoric acid groups is 1. The van der Waals surface area contributed by atoms with Crippen molar-refractivity contribution in [3.63, 3.8) is 0 Å². The molecule has 1 aliphatic rings. The second kappa shape index (κ2) is 32.3. The Bertz CT molecular complexity index is 646. The number of carboxylic acids is 1. The summed E-state index contributed by atoms with van der Waals surface area (Å²) < 4.78 is 32.9. The molecular weight excluding hydrogens is 527 g/mol. The first-order chi connectivity index (χ1) is 19.4. The summed E-state index contributed by atoms with van der Waals surface area (Å²) in [5.41, 5.74) is 0. The van der Waals surface area contributed by atoms with Crippen LogP contribution in [-0.4, -0.2) is 43.6 Å². The SMILES string of the molecule is C=CC.CCCCC/C=C\C/C=C\CCCCCCCC(=O)O.CCCCOP(=O)(OCCCC)OCC1CO1. The third-order valence-corrected chi connectivity index (χ3v) is 7.12. The van der Waals surface area contributed by atoms with E-state index in [1.807, 2.05) is 20.8 Å². The van der Waals surface area contributed by atoms with Crippen LogP contribution in [0, 0.1) is 0 Å². The maximum Gasteiger partial charge on any atom is 0.474 e. The van der Waals surface area contributed by atoms with Crippen LogP contribution < -0.4 is 0 Å². The van der Waals surface area contributed by atoms with Gasteiger partial charge in [0, 0.05) is 6.42 Å². The topological polar surface area (TPSA) is 94.6 Å². The third kappa shape index (κ3) is 34.8. The molecule has 0 radical (unpaired) electrons. The van der Waals surface area contributed by atoms with Crippen molar-refractivity contribution in [2.75, 3.05) is 26.4 Å². The molecule has 0 saturated carbocycles. The summed E-state index contributed by atoms with van der Waals surface area (Å²) in [6.07, 6.45) is 27.8. The van der Waals surface area contributed by atoms with Gasteiger partial charge in [0.1, 0.15) is 6.10 Å². The summed E-state index contributed by atoms with van der Waals surface area (Å²) in [5, 5.41) is 8.50. The highest BCUT2D eigenvalue weighted by Gasteiger charge is 2.31. The molecule has 40 heavy (non-hydrogen) atoms. The van der Waals surface area contributed by atoms with Crippen molar-refractivity contribution in [2.24, 2.45) is 0 Å². The van der Waals surface area contributed by atoms with Gasteiger partial charge in [0.2, 0.25) is 0 Å². The summed E-state index contributed by atoms with van der Waals surface area (Å²) in [6, 6.07) is 0. The Hall–Kier alpha value is -1.24. The number of rotatable bonds is 25. The summed E-state index contributed by atoms with van der Waals surface area (Å²) in [7, 11) is -3.37. The van der Waals surface area contributed by atoms with Gasteiger partial charge in [-0.2, -0.15) is 0 Å². The Labute approximate surface area is 246 Å². The number of allylic oxidation sites excluding steroid dienone is 5. The Kier molecular flexibility index (Phi) is 33.0. The van der Waals surface area contributed by atoms with Crippen LogP contribution in [0.5, 0.6) is 0 Å². The molecule has 0 amide bonds. The molecule has 8 heteroatoms. The van der Waals surface area contributed by atoms with Gasteiger partial charge in [-0.1, -0.05) is 96.1 Å². The minimum absolute atomic E-state index is 0.0628. The highest BCUT2D eigenvalue weighted by atomic mass is 31.2. The zero-order valence-corrected chi connectivity index (χ0v) is 27.1. The van der Waals surface area contributed by atoms with Crippen molar-refractivity contribution in [1.82, 2.24) is 0 Å². The summed E-state index contributed by atoms with van der Waals surface area (Å²) in [4.78, 5) is 10.3. The fourth-order valence-electron chi connectivity index (χ4n) is 3.18. The van der Waals surface area contributed by atoms with Crippen LogP contribution in [0.15, 0.2) is 37.0 Å².